The van der Waals surface area contributed by atoms with Crippen LogP contribution in [0.2, 0.25) is 0 Å². The number of nitrogens with zero attached hydrogens (tertiary/aromatic N) is 1. The van der Waals surface area contributed by atoms with Crippen molar-refractivity contribution in [3.05, 3.63) is 41.1 Å². The molecule has 1 aromatic rings. The molecule has 27 heavy (non-hydrogen) atoms. The van der Waals surface area contributed by atoms with Crippen molar-refractivity contribution in [1.82, 2.24) is 4.90 Å². The van der Waals surface area contributed by atoms with Crippen LogP contribution >= 0.6 is 0 Å². The highest BCUT2D eigenvalue weighted by Crippen LogP contribution is 2.46. The Morgan fingerprint density at radius 3 is 2.59 bits per heavy atom. The van der Waals surface area contributed by atoms with E-state index in [1.165, 1.54) is 12.0 Å². The van der Waals surface area contributed by atoms with E-state index >= 15 is 0 Å². The maximum absolute atomic E-state index is 12.2. The van der Waals surface area contributed by atoms with Gasteiger partial charge in [0.05, 0.1) is 23.7 Å². The molecule has 1 unspecified atom stereocenters. The molecule has 0 aliphatic carbocycles. The van der Waals surface area contributed by atoms with Crippen LogP contribution in [0.3, 0.4) is 0 Å². The zero-order valence-corrected chi connectivity index (χ0v) is 15.9. The van der Waals surface area contributed by atoms with E-state index in [-0.39, 0.29) is 11.1 Å². The molecule has 1 amide bonds. The minimum absolute atomic E-state index is 0.179. The molecular formula is C20H23NO6. The first-order valence-electron chi connectivity index (χ1n) is 8.73. The summed E-state index contributed by atoms with van der Waals surface area (Å²) in [6.07, 6.45) is 4.43. The lowest BCUT2D eigenvalue weighted by Gasteiger charge is -2.33. The Morgan fingerprint density at radius 1 is 1.30 bits per heavy atom. The van der Waals surface area contributed by atoms with E-state index in [9.17, 15) is 14.4 Å². The molecule has 0 fully saturated rings. The number of rotatable bonds is 2. The Hall–Kier alpha value is -2.83. The van der Waals surface area contributed by atoms with Gasteiger partial charge in [0.2, 0.25) is 0 Å². The van der Waals surface area contributed by atoms with Crippen LogP contribution in [0.1, 0.15) is 53.5 Å². The summed E-state index contributed by atoms with van der Waals surface area (Å²) in [7, 11) is 1.27. The standard InChI is InChI=1S/C20H23NO6/c1-19(2,3)27-18(24)21-9-7-20(8-10-21)12-26-16-14(11-22)13(17(23)25-4)5-6-15(16)20/h5-7,9,11H,8,10,12H2,1-4H3. The largest absolute Gasteiger partial charge is 0.491 e. The highest BCUT2D eigenvalue weighted by molar-refractivity contribution is 6.00. The van der Waals surface area contributed by atoms with E-state index in [4.69, 9.17) is 14.2 Å². The molecule has 1 spiro atoms. The zero-order valence-electron chi connectivity index (χ0n) is 15.9. The number of amides is 1. The van der Waals surface area contributed by atoms with Crippen molar-refractivity contribution in [3.63, 3.8) is 0 Å². The van der Waals surface area contributed by atoms with Gasteiger partial charge < -0.3 is 14.2 Å². The van der Waals surface area contributed by atoms with Gasteiger partial charge >= 0.3 is 12.1 Å². The molecule has 0 bridgehead atoms. The Labute approximate surface area is 157 Å². The summed E-state index contributed by atoms with van der Waals surface area (Å²) in [4.78, 5) is 37.2. The molecule has 0 saturated carbocycles. The van der Waals surface area contributed by atoms with Crippen LogP contribution in [0.5, 0.6) is 5.75 Å². The SMILES string of the molecule is COC(=O)c1ccc2c(c1C=O)OCC21C=CN(C(=O)OC(C)(C)C)CC1. The monoisotopic (exact) mass is 373 g/mol. The van der Waals surface area contributed by atoms with Crippen LogP contribution in [0.25, 0.3) is 0 Å². The van der Waals surface area contributed by atoms with Gasteiger partial charge in [0.1, 0.15) is 18.0 Å². The lowest BCUT2D eigenvalue weighted by Crippen LogP contribution is -2.41. The van der Waals surface area contributed by atoms with Gasteiger partial charge in [-0.1, -0.05) is 12.1 Å². The molecule has 144 valence electrons. The number of aldehydes is 1. The fraction of sp³-hybridized carbons (Fsp3) is 0.450. The average molecular weight is 373 g/mol. The van der Waals surface area contributed by atoms with Crippen LogP contribution in [0, 0.1) is 0 Å². The van der Waals surface area contributed by atoms with E-state index in [1.54, 1.807) is 18.3 Å². The Balaban J connectivity index is 1.90. The van der Waals surface area contributed by atoms with E-state index in [1.807, 2.05) is 26.8 Å². The predicted molar refractivity (Wildman–Crippen MR) is 97.0 cm³/mol. The minimum Gasteiger partial charge on any atom is -0.491 e. The maximum Gasteiger partial charge on any atom is 0.414 e. The summed E-state index contributed by atoms with van der Waals surface area (Å²) >= 11 is 0. The summed E-state index contributed by atoms with van der Waals surface area (Å²) in [5.74, 6) is -0.178. The summed E-state index contributed by atoms with van der Waals surface area (Å²) in [6, 6.07) is 3.37. The Kier molecular flexibility index (Phi) is 4.71. The van der Waals surface area contributed by atoms with Gasteiger partial charge in [0.15, 0.2) is 6.29 Å². The fourth-order valence-corrected chi connectivity index (χ4v) is 3.36. The summed E-state index contributed by atoms with van der Waals surface area (Å²) < 4.78 is 15.9. The van der Waals surface area contributed by atoms with E-state index in [2.05, 4.69) is 0 Å². The van der Waals surface area contributed by atoms with Gasteiger partial charge in [-0.25, -0.2) is 9.59 Å². The van der Waals surface area contributed by atoms with E-state index in [0.717, 1.165) is 5.56 Å². The smallest absolute Gasteiger partial charge is 0.414 e. The summed E-state index contributed by atoms with van der Waals surface area (Å²) in [5, 5.41) is 0. The quantitative estimate of drug-likeness (QED) is 0.585. The zero-order chi connectivity index (χ0) is 19.8. The average Bonchev–Trinajstić information content (AvgIpc) is 2.97. The van der Waals surface area contributed by atoms with Gasteiger partial charge in [-0.3, -0.25) is 9.69 Å². The molecule has 2 heterocycles. The number of carbonyl (C=O) groups is 3. The number of ether oxygens (including phenoxy) is 3. The highest BCUT2D eigenvalue weighted by Gasteiger charge is 2.43. The van der Waals surface area contributed by atoms with E-state index in [0.29, 0.717) is 31.6 Å². The first-order valence-corrected chi connectivity index (χ1v) is 8.73. The van der Waals surface area contributed by atoms with Gasteiger partial charge in [0, 0.05) is 18.3 Å². The van der Waals surface area contributed by atoms with Crippen molar-refractivity contribution < 1.29 is 28.6 Å². The third-order valence-electron chi connectivity index (χ3n) is 4.73. The second kappa shape index (κ2) is 6.72. The van der Waals surface area contributed by atoms with Crippen molar-refractivity contribution in [3.8, 4) is 5.75 Å². The molecule has 3 rings (SSSR count). The number of benzene rings is 1. The topological polar surface area (TPSA) is 82.1 Å². The van der Waals surface area contributed by atoms with Crippen LogP contribution in [-0.4, -0.2) is 49.1 Å². The molecular weight excluding hydrogens is 350 g/mol. The molecule has 0 saturated heterocycles. The lowest BCUT2D eigenvalue weighted by molar-refractivity contribution is 0.0311. The number of carbonyl (C=O) groups excluding carboxylic acids is 3. The predicted octanol–water partition coefficient (Wildman–Crippen LogP) is 3.07. The Bertz CT molecular complexity index is 822. The normalized spacial score (nSPS) is 20.8. The number of fused-ring (bicyclic) bond motifs is 2. The fourth-order valence-electron chi connectivity index (χ4n) is 3.36. The maximum atomic E-state index is 12.2. The first kappa shape index (κ1) is 18.9. The van der Waals surface area contributed by atoms with Crippen molar-refractivity contribution in [1.29, 1.82) is 0 Å². The van der Waals surface area contributed by atoms with E-state index < -0.39 is 23.1 Å². The third kappa shape index (κ3) is 3.41. The molecule has 2 aliphatic heterocycles. The number of methoxy groups -OCH3 is 1. The number of hydrogen-bond donors (Lipinski definition) is 0. The molecule has 7 nitrogen and oxygen atoms in total. The second-order valence-electron chi connectivity index (χ2n) is 7.70. The third-order valence-corrected chi connectivity index (χ3v) is 4.73. The van der Waals surface area contributed by atoms with Crippen LogP contribution in [0.4, 0.5) is 4.79 Å². The summed E-state index contributed by atoms with van der Waals surface area (Å²) in [5.41, 5.74) is 0.196. The summed E-state index contributed by atoms with van der Waals surface area (Å²) in [6.45, 7) is 6.26. The molecule has 2 aliphatic rings. The van der Waals surface area contributed by atoms with Gasteiger partial charge in [0.25, 0.3) is 0 Å². The van der Waals surface area contributed by atoms with Crippen molar-refractivity contribution >= 4 is 18.3 Å². The van der Waals surface area contributed by atoms with Crippen LogP contribution < -0.4 is 4.74 Å². The molecule has 0 N–H and O–H groups in total. The van der Waals surface area contributed by atoms with Crippen LogP contribution in [-0.2, 0) is 14.9 Å². The van der Waals surface area contributed by atoms with Gasteiger partial charge in [-0.15, -0.1) is 0 Å². The number of hydrogen-bond acceptors (Lipinski definition) is 6. The van der Waals surface area contributed by atoms with Crippen molar-refractivity contribution in [2.24, 2.45) is 0 Å². The van der Waals surface area contributed by atoms with Crippen molar-refractivity contribution in [2.75, 3.05) is 20.3 Å². The lowest BCUT2D eigenvalue weighted by atomic mass is 9.77. The highest BCUT2D eigenvalue weighted by atomic mass is 16.6. The molecule has 1 aromatic carbocycles. The second-order valence-corrected chi connectivity index (χ2v) is 7.70. The van der Waals surface area contributed by atoms with Crippen molar-refractivity contribution in [2.45, 2.75) is 38.2 Å². The molecule has 1 atom stereocenters. The molecule has 0 aromatic heterocycles. The van der Waals surface area contributed by atoms with Gasteiger partial charge in [-0.05, 0) is 33.3 Å². The minimum atomic E-state index is -0.584. The Morgan fingerprint density at radius 2 is 2.04 bits per heavy atom. The van der Waals surface area contributed by atoms with Crippen LogP contribution in [0.15, 0.2) is 24.4 Å². The number of esters is 1. The van der Waals surface area contributed by atoms with Gasteiger partial charge in [-0.2, -0.15) is 0 Å². The molecule has 7 heteroatoms. The first-order chi connectivity index (χ1) is 12.7. The molecule has 0 radical (unpaired) electrons.